The standard InChI is InChI=1S/C23H32N8O12/c1-9-2-28(3-10-5-30(26-24-10)21-18(38)16(36)14(34)12(7-32)42-21)23(41)29(20(9)40)4-11-6-31(27-25-11)22-19(39)17(37)15(35)13(8-33)43-22/h2,5-6,12-19,21-22,32-39H,3-4,7-8H2,1H3/t12-,13-,14-,15-,16+,17+,18-,19-,21-,22-/m1/s1. The summed E-state index contributed by atoms with van der Waals surface area (Å²) in [7, 11) is 0. The molecule has 2 fully saturated rings. The second kappa shape index (κ2) is 12.3. The third kappa shape index (κ3) is 5.76. The fourth-order valence-corrected chi connectivity index (χ4v) is 5.01. The van der Waals surface area contributed by atoms with Gasteiger partial charge in [0.2, 0.25) is 0 Å². The maximum atomic E-state index is 13.3. The lowest BCUT2D eigenvalue weighted by Crippen LogP contribution is -2.56. The van der Waals surface area contributed by atoms with E-state index in [1.807, 2.05) is 0 Å². The Balaban J connectivity index is 1.35. The molecule has 2 aliphatic heterocycles. The van der Waals surface area contributed by atoms with Crippen LogP contribution in [0.3, 0.4) is 0 Å². The van der Waals surface area contributed by atoms with Crippen molar-refractivity contribution in [3.63, 3.8) is 0 Å². The van der Waals surface area contributed by atoms with Gasteiger partial charge in [0.1, 0.15) is 60.2 Å². The van der Waals surface area contributed by atoms with E-state index in [0.29, 0.717) is 0 Å². The maximum Gasteiger partial charge on any atom is 0.331 e. The molecule has 236 valence electrons. The minimum atomic E-state index is -1.64. The minimum absolute atomic E-state index is 0.113. The highest BCUT2D eigenvalue weighted by Crippen LogP contribution is 2.29. The Morgan fingerprint density at radius 1 is 0.698 bits per heavy atom. The summed E-state index contributed by atoms with van der Waals surface area (Å²) in [5.41, 5.74) is -0.852. The van der Waals surface area contributed by atoms with Gasteiger partial charge in [-0.3, -0.25) is 13.9 Å². The highest BCUT2D eigenvalue weighted by atomic mass is 16.6. The smallest absolute Gasteiger partial charge is 0.331 e. The van der Waals surface area contributed by atoms with Crippen molar-refractivity contribution >= 4 is 0 Å². The molecule has 8 N–H and O–H groups in total. The molecule has 43 heavy (non-hydrogen) atoms. The van der Waals surface area contributed by atoms with Crippen LogP contribution in [0.4, 0.5) is 0 Å². The van der Waals surface area contributed by atoms with E-state index in [2.05, 4.69) is 20.6 Å². The van der Waals surface area contributed by atoms with Crippen LogP contribution < -0.4 is 11.2 Å². The van der Waals surface area contributed by atoms with Crippen molar-refractivity contribution in [3.05, 3.63) is 56.4 Å². The molecule has 0 radical (unpaired) electrons. The second-order valence-electron chi connectivity index (χ2n) is 10.4. The number of hydrogen-bond acceptors (Lipinski definition) is 16. The number of aliphatic hydroxyl groups is 8. The molecular formula is C23H32N8O12. The number of hydrogen-bond donors (Lipinski definition) is 8. The van der Waals surface area contributed by atoms with Crippen molar-refractivity contribution in [2.75, 3.05) is 13.2 Å². The van der Waals surface area contributed by atoms with E-state index >= 15 is 0 Å². The van der Waals surface area contributed by atoms with E-state index < -0.39 is 85.8 Å². The summed E-state index contributed by atoms with van der Waals surface area (Å²) >= 11 is 0. The van der Waals surface area contributed by atoms with Crippen molar-refractivity contribution in [3.8, 4) is 0 Å². The lowest BCUT2D eigenvalue weighted by Gasteiger charge is -2.39. The first-order valence-electron chi connectivity index (χ1n) is 13.2. The second-order valence-corrected chi connectivity index (χ2v) is 10.4. The quantitative estimate of drug-likeness (QED) is 0.117. The van der Waals surface area contributed by atoms with E-state index in [1.165, 1.54) is 30.1 Å². The molecule has 0 aliphatic carbocycles. The van der Waals surface area contributed by atoms with Crippen molar-refractivity contribution < 1.29 is 50.3 Å². The van der Waals surface area contributed by atoms with Gasteiger partial charge in [-0.1, -0.05) is 10.4 Å². The van der Waals surface area contributed by atoms with Gasteiger partial charge in [0, 0.05) is 11.8 Å². The van der Waals surface area contributed by atoms with Crippen LogP contribution in [0.25, 0.3) is 0 Å². The molecule has 0 unspecified atom stereocenters. The zero-order valence-electron chi connectivity index (χ0n) is 22.6. The first-order chi connectivity index (χ1) is 20.4. The van der Waals surface area contributed by atoms with Crippen LogP contribution in [0, 0.1) is 6.92 Å². The van der Waals surface area contributed by atoms with E-state index in [-0.39, 0.29) is 30.0 Å². The van der Waals surface area contributed by atoms with Crippen molar-refractivity contribution in [2.24, 2.45) is 0 Å². The fourth-order valence-electron chi connectivity index (χ4n) is 5.01. The van der Waals surface area contributed by atoms with Gasteiger partial charge in [-0.2, -0.15) is 0 Å². The van der Waals surface area contributed by atoms with Crippen LogP contribution in [0.5, 0.6) is 0 Å². The predicted octanol–water partition coefficient (Wildman–Crippen LogP) is -6.46. The summed E-state index contributed by atoms with van der Waals surface area (Å²) in [6, 6.07) is 0. The number of ether oxygens (including phenoxy) is 2. The Morgan fingerprint density at radius 3 is 1.63 bits per heavy atom. The van der Waals surface area contributed by atoms with Gasteiger partial charge in [0.15, 0.2) is 12.5 Å². The molecular weight excluding hydrogens is 580 g/mol. The van der Waals surface area contributed by atoms with Gasteiger partial charge in [-0.15, -0.1) is 10.2 Å². The van der Waals surface area contributed by atoms with Crippen LogP contribution in [-0.2, 0) is 22.6 Å². The lowest BCUT2D eigenvalue weighted by atomic mass is 9.98. The number of aryl methyl sites for hydroxylation is 1. The molecule has 0 bridgehead atoms. The van der Waals surface area contributed by atoms with E-state index in [9.17, 15) is 50.4 Å². The molecule has 20 nitrogen and oxygen atoms in total. The number of aromatic nitrogens is 8. The Kier molecular flexibility index (Phi) is 8.85. The van der Waals surface area contributed by atoms with Crippen molar-refractivity contribution in [2.45, 2.75) is 81.3 Å². The number of nitrogens with zero attached hydrogens (tertiary/aromatic N) is 8. The zero-order chi connectivity index (χ0) is 31.2. The average molecular weight is 613 g/mol. The molecule has 5 heterocycles. The van der Waals surface area contributed by atoms with Crippen LogP contribution in [0.15, 0.2) is 28.2 Å². The molecule has 0 aromatic carbocycles. The molecule has 5 rings (SSSR count). The van der Waals surface area contributed by atoms with Crippen molar-refractivity contribution in [1.29, 1.82) is 0 Å². The molecule has 3 aromatic heterocycles. The van der Waals surface area contributed by atoms with Crippen LogP contribution in [0.2, 0.25) is 0 Å². The normalized spacial score (nSPS) is 33.1. The Morgan fingerprint density at radius 2 is 1.16 bits per heavy atom. The van der Waals surface area contributed by atoms with Crippen molar-refractivity contribution in [1.82, 2.24) is 39.1 Å². The molecule has 2 aliphatic rings. The maximum absolute atomic E-state index is 13.3. The monoisotopic (exact) mass is 612 g/mol. The van der Waals surface area contributed by atoms with Crippen LogP contribution >= 0.6 is 0 Å². The summed E-state index contributed by atoms with van der Waals surface area (Å²) in [6.45, 7) is -0.291. The van der Waals surface area contributed by atoms with E-state index in [0.717, 1.165) is 13.9 Å². The summed E-state index contributed by atoms with van der Waals surface area (Å²) < 4.78 is 15.1. The van der Waals surface area contributed by atoms with Gasteiger partial charge in [-0.05, 0) is 6.92 Å². The van der Waals surface area contributed by atoms with Gasteiger partial charge in [0.05, 0.1) is 38.7 Å². The largest absolute Gasteiger partial charge is 0.394 e. The van der Waals surface area contributed by atoms with Gasteiger partial charge >= 0.3 is 5.69 Å². The predicted molar refractivity (Wildman–Crippen MR) is 136 cm³/mol. The van der Waals surface area contributed by atoms with Gasteiger partial charge in [0.25, 0.3) is 5.56 Å². The average Bonchev–Trinajstić information content (AvgIpc) is 3.66. The highest BCUT2D eigenvalue weighted by Gasteiger charge is 2.46. The Hall–Kier alpha value is -3.44. The van der Waals surface area contributed by atoms with Crippen LogP contribution in [0.1, 0.15) is 29.4 Å². The molecule has 20 heteroatoms. The topological polar surface area (TPSA) is 286 Å². The molecule has 3 aromatic rings. The summed E-state index contributed by atoms with van der Waals surface area (Å²) in [5.74, 6) is 0. The van der Waals surface area contributed by atoms with Gasteiger partial charge in [-0.25, -0.2) is 14.2 Å². The minimum Gasteiger partial charge on any atom is -0.394 e. The number of rotatable bonds is 8. The molecule has 0 saturated carbocycles. The number of aliphatic hydroxyl groups excluding tert-OH is 8. The third-order valence-electron chi connectivity index (χ3n) is 7.43. The third-order valence-corrected chi connectivity index (χ3v) is 7.43. The van der Waals surface area contributed by atoms with E-state index in [4.69, 9.17) is 9.47 Å². The fraction of sp³-hybridized carbons (Fsp3) is 0.652. The van der Waals surface area contributed by atoms with E-state index in [1.54, 1.807) is 0 Å². The van der Waals surface area contributed by atoms with Gasteiger partial charge < -0.3 is 50.3 Å². The summed E-state index contributed by atoms with van der Waals surface area (Å²) in [4.78, 5) is 26.2. The Bertz CT molecular complexity index is 1530. The SMILES string of the molecule is Cc1cn(Cc2cn([C@@H]3O[C@H](CO)[C@@H](O)[C@H](O)[C@H]3O)nn2)c(=O)n(Cc2cn([C@@H]3O[C@H](CO)[C@@H](O)[C@H](O)[C@H]3O)nn2)c1=O. The summed E-state index contributed by atoms with van der Waals surface area (Å²) in [5, 5.41) is 95.2. The molecule has 2 saturated heterocycles. The van der Waals surface area contributed by atoms with Crippen LogP contribution in [-0.4, -0.2) is 142 Å². The summed E-state index contributed by atoms with van der Waals surface area (Å²) in [6.07, 6.45) is -10.7. The molecule has 0 spiro atoms. The molecule has 10 atom stereocenters. The Labute approximate surface area is 240 Å². The highest BCUT2D eigenvalue weighted by molar-refractivity contribution is 5.07. The molecule has 0 amide bonds. The zero-order valence-corrected chi connectivity index (χ0v) is 22.6. The first-order valence-corrected chi connectivity index (χ1v) is 13.2. The lowest BCUT2D eigenvalue weighted by molar-refractivity contribution is -0.254. The first kappa shape index (κ1) is 31.0.